The van der Waals surface area contributed by atoms with Crippen LogP contribution in [0.1, 0.15) is 36.9 Å². The van der Waals surface area contributed by atoms with Gasteiger partial charge in [0.15, 0.2) is 6.61 Å². The van der Waals surface area contributed by atoms with Gasteiger partial charge in [-0.1, -0.05) is 17.7 Å². The van der Waals surface area contributed by atoms with Crippen molar-refractivity contribution >= 4 is 5.91 Å². The normalized spacial score (nSPS) is 17.3. The van der Waals surface area contributed by atoms with Crippen LogP contribution in [0.15, 0.2) is 18.2 Å². The van der Waals surface area contributed by atoms with Crippen LogP contribution in [0.3, 0.4) is 0 Å². The average Bonchev–Trinajstić information content (AvgIpc) is 2.47. The van der Waals surface area contributed by atoms with Crippen molar-refractivity contribution in [2.45, 2.75) is 38.8 Å². The summed E-state index contributed by atoms with van der Waals surface area (Å²) in [4.78, 5) is 11.9. The molecule has 1 aromatic carbocycles. The summed E-state index contributed by atoms with van der Waals surface area (Å²) in [5.41, 5.74) is 8.00. The highest BCUT2D eigenvalue weighted by Gasteiger charge is 2.17. The van der Waals surface area contributed by atoms with Gasteiger partial charge in [0.1, 0.15) is 5.75 Å². The lowest BCUT2D eigenvalue weighted by atomic mass is 10.1. The molecule has 0 aliphatic carbocycles. The topological polar surface area (TPSA) is 73.6 Å². The summed E-state index contributed by atoms with van der Waals surface area (Å²) in [6.07, 6.45) is 1.72. The molecule has 0 spiro atoms. The number of carbonyl (C=O) groups is 1. The van der Waals surface area contributed by atoms with Crippen LogP contribution in [-0.4, -0.2) is 31.8 Å². The summed E-state index contributed by atoms with van der Waals surface area (Å²) in [5, 5.41) is 2.97. The zero-order valence-corrected chi connectivity index (χ0v) is 12.7. The molecular formula is C16H24N2O3. The molecule has 1 aliphatic rings. The monoisotopic (exact) mass is 292 g/mol. The van der Waals surface area contributed by atoms with E-state index in [1.54, 1.807) is 0 Å². The Morgan fingerprint density at radius 1 is 1.48 bits per heavy atom. The quantitative estimate of drug-likeness (QED) is 0.866. The van der Waals surface area contributed by atoms with E-state index in [-0.39, 0.29) is 24.6 Å². The molecule has 1 atom stereocenters. The first-order valence-corrected chi connectivity index (χ1v) is 7.42. The van der Waals surface area contributed by atoms with Gasteiger partial charge in [0.05, 0.1) is 0 Å². The van der Waals surface area contributed by atoms with E-state index >= 15 is 0 Å². The number of amides is 1. The number of nitrogens with one attached hydrogen (secondary N) is 1. The van der Waals surface area contributed by atoms with Crippen LogP contribution in [0.25, 0.3) is 0 Å². The molecule has 1 unspecified atom stereocenters. The average molecular weight is 292 g/mol. The number of nitrogens with two attached hydrogens (primary N) is 1. The van der Waals surface area contributed by atoms with Crippen molar-refractivity contribution in [3.63, 3.8) is 0 Å². The fraction of sp³-hybridized carbons (Fsp3) is 0.562. The Hall–Kier alpha value is -1.59. The minimum atomic E-state index is -0.126. The maximum atomic E-state index is 11.9. The lowest BCUT2D eigenvalue weighted by Gasteiger charge is -2.23. The molecule has 1 amide bonds. The van der Waals surface area contributed by atoms with Crippen LogP contribution in [0, 0.1) is 6.92 Å². The van der Waals surface area contributed by atoms with Gasteiger partial charge < -0.3 is 20.5 Å². The third kappa shape index (κ3) is 4.72. The second-order valence-corrected chi connectivity index (χ2v) is 5.57. The summed E-state index contributed by atoms with van der Waals surface area (Å²) in [6.45, 7) is 5.34. The van der Waals surface area contributed by atoms with Gasteiger partial charge in [0, 0.05) is 30.9 Å². The summed E-state index contributed by atoms with van der Waals surface area (Å²) in [6, 6.07) is 5.89. The van der Waals surface area contributed by atoms with Crippen LogP contribution in [0.5, 0.6) is 5.75 Å². The van der Waals surface area contributed by atoms with Gasteiger partial charge in [0.25, 0.3) is 5.91 Å². The van der Waals surface area contributed by atoms with Crippen LogP contribution in [0.2, 0.25) is 0 Å². The molecule has 1 fully saturated rings. The van der Waals surface area contributed by atoms with Crippen molar-refractivity contribution in [2.75, 3.05) is 19.8 Å². The van der Waals surface area contributed by atoms with Gasteiger partial charge in [-0.15, -0.1) is 0 Å². The number of hydrogen-bond donors (Lipinski definition) is 2. The molecule has 116 valence electrons. The van der Waals surface area contributed by atoms with E-state index in [0.29, 0.717) is 19.0 Å². The molecule has 1 heterocycles. The van der Waals surface area contributed by atoms with Gasteiger partial charge in [-0.05, 0) is 32.8 Å². The SMILES string of the molecule is Cc1ccc(OCC(=O)NC2CCOCC2)c(C(C)N)c1. The second-order valence-electron chi connectivity index (χ2n) is 5.57. The highest BCUT2D eigenvalue weighted by atomic mass is 16.5. The Morgan fingerprint density at radius 3 is 2.86 bits per heavy atom. The highest BCUT2D eigenvalue weighted by Crippen LogP contribution is 2.24. The molecular weight excluding hydrogens is 268 g/mol. The molecule has 5 heteroatoms. The Bertz CT molecular complexity index is 482. The van der Waals surface area contributed by atoms with E-state index in [2.05, 4.69) is 5.32 Å². The molecule has 1 saturated heterocycles. The Labute approximate surface area is 125 Å². The molecule has 1 aliphatic heterocycles. The molecule has 5 nitrogen and oxygen atoms in total. The molecule has 2 rings (SSSR count). The third-order valence-corrected chi connectivity index (χ3v) is 3.60. The van der Waals surface area contributed by atoms with E-state index < -0.39 is 0 Å². The maximum Gasteiger partial charge on any atom is 0.258 e. The summed E-state index contributed by atoms with van der Waals surface area (Å²) < 4.78 is 10.9. The van der Waals surface area contributed by atoms with E-state index in [0.717, 1.165) is 24.0 Å². The van der Waals surface area contributed by atoms with Crippen molar-refractivity contribution in [2.24, 2.45) is 5.73 Å². The smallest absolute Gasteiger partial charge is 0.258 e. The predicted octanol–water partition coefficient (Wildman–Crippen LogP) is 1.69. The molecule has 0 aromatic heterocycles. The fourth-order valence-electron chi connectivity index (χ4n) is 2.41. The third-order valence-electron chi connectivity index (χ3n) is 3.60. The highest BCUT2D eigenvalue weighted by molar-refractivity contribution is 5.77. The van der Waals surface area contributed by atoms with Gasteiger partial charge in [-0.25, -0.2) is 0 Å². The van der Waals surface area contributed by atoms with Crippen LogP contribution >= 0.6 is 0 Å². The largest absolute Gasteiger partial charge is 0.483 e. The van der Waals surface area contributed by atoms with Crippen molar-refractivity contribution in [3.8, 4) is 5.75 Å². The predicted molar refractivity (Wildman–Crippen MR) is 81.3 cm³/mol. The molecule has 0 saturated carbocycles. The fourth-order valence-corrected chi connectivity index (χ4v) is 2.41. The Balaban J connectivity index is 1.88. The molecule has 0 bridgehead atoms. The summed E-state index contributed by atoms with van der Waals surface area (Å²) >= 11 is 0. The van der Waals surface area contributed by atoms with Gasteiger partial charge in [-0.3, -0.25) is 4.79 Å². The summed E-state index contributed by atoms with van der Waals surface area (Å²) in [7, 11) is 0. The molecule has 3 N–H and O–H groups in total. The maximum absolute atomic E-state index is 11.9. The van der Waals surface area contributed by atoms with Gasteiger partial charge in [-0.2, -0.15) is 0 Å². The number of carbonyl (C=O) groups excluding carboxylic acids is 1. The zero-order valence-electron chi connectivity index (χ0n) is 12.7. The standard InChI is InChI=1S/C16H24N2O3/c1-11-3-4-15(14(9-11)12(2)17)21-10-16(19)18-13-5-7-20-8-6-13/h3-4,9,12-13H,5-8,10,17H2,1-2H3,(H,18,19). The van der Waals surface area contributed by atoms with Gasteiger partial charge >= 0.3 is 0 Å². The Morgan fingerprint density at radius 2 is 2.19 bits per heavy atom. The van der Waals surface area contributed by atoms with Crippen molar-refractivity contribution in [1.29, 1.82) is 0 Å². The van der Waals surface area contributed by atoms with Gasteiger partial charge in [0.2, 0.25) is 0 Å². The first-order chi connectivity index (χ1) is 10.1. The van der Waals surface area contributed by atoms with E-state index in [1.807, 2.05) is 32.0 Å². The van der Waals surface area contributed by atoms with Crippen LogP contribution < -0.4 is 15.8 Å². The van der Waals surface area contributed by atoms with E-state index in [9.17, 15) is 4.79 Å². The van der Waals surface area contributed by atoms with Crippen LogP contribution in [-0.2, 0) is 9.53 Å². The zero-order chi connectivity index (χ0) is 15.2. The second kappa shape index (κ2) is 7.43. The minimum absolute atomic E-state index is 0.0140. The minimum Gasteiger partial charge on any atom is -0.483 e. The molecule has 1 aromatic rings. The summed E-state index contributed by atoms with van der Waals surface area (Å²) in [5.74, 6) is 0.579. The molecule has 0 radical (unpaired) electrons. The molecule has 21 heavy (non-hydrogen) atoms. The van der Waals surface area contributed by atoms with Crippen molar-refractivity contribution < 1.29 is 14.3 Å². The Kier molecular flexibility index (Phi) is 5.59. The van der Waals surface area contributed by atoms with Crippen molar-refractivity contribution in [1.82, 2.24) is 5.32 Å². The number of benzene rings is 1. The number of hydrogen-bond acceptors (Lipinski definition) is 4. The lowest BCUT2D eigenvalue weighted by molar-refractivity contribution is -0.124. The first kappa shape index (κ1) is 15.8. The number of ether oxygens (including phenoxy) is 2. The van der Waals surface area contributed by atoms with Crippen molar-refractivity contribution in [3.05, 3.63) is 29.3 Å². The number of rotatable bonds is 5. The van der Waals surface area contributed by atoms with Crippen LogP contribution in [0.4, 0.5) is 0 Å². The lowest BCUT2D eigenvalue weighted by Crippen LogP contribution is -2.41. The first-order valence-electron chi connectivity index (χ1n) is 7.42. The number of aryl methyl sites for hydroxylation is 1. The van der Waals surface area contributed by atoms with E-state index in [4.69, 9.17) is 15.2 Å². The van der Waals surface area contributed by atoms with E-state index in [1.165, 1.54) is 0 Å².